The molecule has 0 unspecified atom stereocenters. The lowest BCUT2D eigenvalue weighted by molar-refractivity contribution is 0.264. The average molecular weight is 270 g/mol. The van der Waals surface area contributed by atoms with Crippen LogP contribution in [0.5, 0.6) is 0 Å². The normalized spacial score (nSPS) is 16.8. The van der Waals surface area contributed by atoms with Gasteiger partial charge in [0.2, 0.25) is 0 Å². The number of nitrogens with two attached hydrogens (primary N) is 1. The lowest BCUT2D eigenvalue weighted by Crippen LogP contribution is -2.48. The van der Waals surface area contributed by atoms with Crippen molar-refractivity contribution in [2.24, 2.45) is 5.73 Å². The summed E-state index contributed by atoms with van der Waals surface area (Å²) in [4.78, 5) is 9.67. The van der Waals surface area contributed by atoms with Crippen LogP contribution < -0.4 is 10.6 Å². The molecule has 0 saturated carbocycles. The molecule has 4 nitrogen and oxygen atoms in total. The maximum Gasteiger partial charge on any atom is 0.132 e. The number of aromatic nitrogens is 1. The standard InChI is InChI=1S/C16H22N4/c1-13-12-14-4-2-3-5-15(14)18-16(13)20-10-8-19(7-6-17)9-11-20/h2-5,12H,6-11,17H2,1H3. The van der Waals surface area contributed by atoms with Gasteiger partial charge < -0.3 is 10.6 Å². The average Bonchev–Trinajstić information content (AvgIpc) is 2.48. The molecule has 1 saturated heterocycles. The number of nitrogens with zero attached hydrogens (tertiary/aromatic N) is 3. The first-order valence-corrected chi connectivity index (χ1v) is 7.31. The SMILES string of the molecule is Cc1cc2ccccc2nc1N1CCN(CCN)CC1. The Labute approximate surface area is 120 Å². The molecule has 20 heavy (non-hydrogen) atoms. The summed E-state index contributed by atoms with van der Waals surface area (Å²) in [5, 5.41) is 1.22. The molecule has 106 valence electrons. The second kappa shape index (κ2) is 5.77. The van der Waals surface area contributed by atoms with E-state index in [0.717, 1.165) is 50.6 Å². The maximum absolute atomic E-state index is 5.62. The Bertz CT molecular complexity index is 588. The van der Waals surface area contributed by atoms with Crippen molar-refractivity contribution < 1.29 is 0 Å². The third kappa shape index (κ3) is 2.62. The second-order valence-electron chi connectivity index (χ2n) is 5.44. The first kappa shape index (κ1) is 13.3. The molecule has 0 amide bonds. The van der Waals surface area contributed by atoms with E-state index in [0.29, 0.717) is 0 Å². The van der Waals surface area contributed by atoms with Crippen LogP contribution in [-0.2, 0) is 0 Å². The fourth-order valence-electron chi connectivity index (χ4n) is 2.90. The molecule has 0 aliphatic carbocycles. The smallest absolute Gasteiger partial charge is 0.132 e. The van der Waals surface area contributed by atoms with Gasteiger partial charge >= 0.3 is 0 Å². The predicted octanol–water partition coefficient (Wildman–Crippen LogP) is 1.62. The van der Waals surface area contributed by atoms with Crippen molar-refractivity contribution in [3.05, 3.63) is 35.9 Å². The van der Waals surface area contributed by atoms with Crippen LogP contribution in [0.1, 0.15) is 5.56 Å². The van der Waals surface area contributed by atoms with Crippen LogP contribution >= 0.6 is 0 Å². The molecule has 1 aliphatic heterocycles. The Morgan fingerprint density at radius 1 is 1.15 bits per heavy atom. The summed E-state index contributed by atoms with van der Waals surface area (Å²) in [6, 6.07) is 10.6. The zero-order valence-electron chi connectivity index (χ0n) is 12.0. The predicted molar refractivity (Wildman–Crippen MR) is 84.2 cm³/mol. The van der Waals surface area contributed by atoms with Crippen molar-refractivity contribution in [1.82, 2.24) is 9.88 Å². The topological polar surface area (TPSA) is 45.4 Å². The number of piperazine rings is 1. The van der Waals surface area contributed by atoms with Gasteiger partial charge in [-0.05, 0) is 24.6 Å². The summed E-state index contributed by atoms with van der Waals surface area (Å²) < 4.78 is 0. The van der Waals surface area contributed by atoms with E-state index in [1.165, 1.54) is 10.9 Å². The first-order chi connectivity index (χ1) is 9.78. The molecule has 0 spiro atoms. The van der Waals surface area contributed by atoms with Gasteiger partial charge in [0.15, 0.2) is 0 Å². The summed E-state index contributed by atoms with van der Waals surface area (Å²) >= 11 is 0. The zero-order valence-corrected chi connectivity index (χ0v) is 12.0. The molecule has 1 aliphatic rings. The number of aryl methyl sites for hydroxylation is 1. The maximum atomic E-state index is 5.62. The number of hydrogen-bond acceptors (Lipinski definition) is 4. The van der Waals surface area contributed by atoms with Gasteiger partial charge in [0.25, 0.3) is 0 Å². The highest BCUT2D eigenvalue weighted by Gasteiger charge is 2.19. The van der Waals surface area contributed by atoms with Gasteiger partial charge in [-0.15, -0.1) is 0 Å². The molecular weight excluding hydrogens is 248 g/mol. The molecule has 3 rings (SSSR count). The van der Waals surface area contributed by atoms with E-state index in [1.807, 2.05) is 6.07 Å². The molecule has 1 fully saturated rings. The van der Waals surface area contributed by atoms with Crippen molar-refractivity contribution in [2.75, 3.05) is 44.2 Å². The molecule has 0 bridgehead atoms. The fourth-order valence-corrected chi connectivity index (χ4v) is 2.90. The number of hydrogen-bond donors (Lipinski definition) is 1. The van der Waals surface area contributed by atoms with E-state index in [2.05, 4.69) is 41.0 Å². The zero-order chi connectivity index (χ0) is 13.9. The minimum atomic E-state index is 0.743. The number of anilines is 1. The quantitative estimate of drug-likeness (QED) is 0.920. The second-order valence-corrected chi connectivity index (χ2v) is 5.44. The van der Waals surface area contributed by atoms with Crippen molar-refractivity contribution in [3.63, 3.8) is 0 Å². The van der Waals surface area contributed by atoms with Crippen molar-refractivity contribution in [2.45, 2.75) is 6.92 Å². The fraction of sp³-hybridized carbons (Fsp3) is 0.438. The minimum Gasteiger partial charge on any atom is -0.354 e. The monoisotopic (exact) mass is 270 g/mol. The number of benzene rings is 1. The highest BCUT2D eigenvalue weighted by Crippen LogP contribution is 2.23. The number of rotatable bonds is 3. The van der Waals surface area contributed by atoms with Crippen LogP contribution in [0.15, 0.2) is 30.3 Å². The van der Waals surface area contributed by atoms with Gasteiger partial charge in [-0.1, -0.05) is 18.2 Å². The van der Waals surface area contributed by atoms with E-state index in [1.54, 1.807) is 0 Å². The molecule has 0 radical (unpaired) electrons. The molecular formula is C16H22N4. The summed E-state index contributed by atoms with van der Waals surface area (Å²) in [7, 11) is 0. The van der Waals surface area contributed by atoms with E-state index in [-0.39, 0.29) is 0 Å². The Hall–Kier alpha value is -1.65. The Morgan fingerprint density at radius 3 is 2.65 bits per heavy atom. The highest BCUT2D eigenvalue weighted by atomic mass is 15.3. The van der Waals surface area contributed by atoms with Gasteiger partial charge in [-0.3, -0.25) is 4.90 Å². The summed E-state index contributed by atoms with van der Waals surface area (Å²) in [5.41, 5.74) is 7.97. The van der Waals surface area contributed by atoms with Gasteiger partial charge in [-0.25, -0.2) is 4.98 Å². The summed E-state index contributed by atoms with van der Waals surface area (Å²) in [5.74, 6) is 1.14. The number of pyridine rings is 1. The minimum absolute atomic E-state index is 0.743. The van der Waals surface area contributed by atoms with E-state index in [4.69, 9.17) is 10.7 Å². The van der Waals surface area contributed by atoms with Crippen LogP contribution in [0.2, 0.25) is 0 Å². The van der Waals surface area contributed by atoms with E-state index >= 15 is 0 Å². The Balaban J connectivity index is 1.82. The van der Waals surface area contributed by atoms with Crippen LogP contribution in [0, 0.1) is 6.92 Å². The van der Waals surface area contributed by atoms with E-state index < -0.39 is 0 Å². The summed E-state index contributed by atoms with van der Waals surface area (Å²) in [6.07, 6.45) is 0. The lowest BCUT2D eigenvalue weighted by atomic mass is 10.1. The van der Waals surface area contributed by atoms with Crippen LogP contribution in [0.25, 0.3) is 10.9 Å². The molecule has 2 aromatic rings. The number of fused-ring (bicyclic) bond motifs is 1. The van der Waals surface area contributed by atoms with Crippen LogP contribution in [0.4, 0.5) is 5.82 Å². The van der Waals surface area contributed by atoms with Crippen LogP contribution in [-0.4, -0.2) is 49.2 Å². The van der Waals surface area contributed by atoms with Gasteiger partial charge in [0, 0.05) is 44.7 Å². The molecule has 4 heteroatoms. The Morgan fingerprint density at radius 2 is 1.90 bits per heavy atom. The third-order valence-corrected chi connectivity index (χ3v) is 4.00. The number of para-hydroxylation sites is 1. The first-order valence-electron chi connectivity index (χ1n) is 7.31. The molecule has 2 N–H and O–H groups in total. The Kier molecular flexibility index (Phi) is 3.85. The molecule has 1 aromatic carbocycles. The van der Waals surface area contributed by atoms with E-state index in [9.17, 15) is 0 Å². The summed E-state index contributed by atoms with van der Waals surface area (Å²) in [6.45, 7) is 8.11. The molecule has 0 atom stereocenters. The lowest BCUT2D eigenvalue weighted by Gasteiger charge is -2.35. The van der Waals surface area contributed by atoms with Gasteiger partial charge in [-0.2, -0.15) is 0 Å². The molecule has 2 heterocycles. The third-order valence-electron chi connectivity index (χ3n) is 4.00. The van der Waals surface area contributed by atoms with Crippen molar-refractivity contribution in [3.8, 4) is 0 Å². The molecule has 1 aromatic heterocycles. The van der Waals surface area contributed by atoms with Gasteiger partial charge in [0.1, 0.15) is 5.82 Å². The largest absolute Gasteiger partial charge is 0.354 e. The van der Waals surface area contributed by atoms with Crippen molar-refractivity contribution in [1.29, 1.82) is 0 Å². The highest BCUT2D eigenvalue weighted by molar-refractivity contribution is 5.81. The van der Waals surface area contributed by atoms with Gasteiger partial charge in [0.05, 0.1) is 5.52 Å². The van der Waals surface area contributed by atoms with Crippen molar-refractivity contribution >= 4 is 16.7 Å². The van der Waals surface area contributed by atoms with Crippen LogP contribution in [0.3, 0.4) is 0 Å².